The average Bonchev–Trinajstić information content (AvgIpc) is 2.81. The number of pyridine rings is 1. The lowest BCUT2D eigenvalue weighted by atomic mass is 10.1. The summed E-state index contributed by atoms with van der Waals surface area (Å²) in [5.41, 5.74) is 2.93. The third-order valence-electron chi connectivity index (χ3n) is 5.49. The quantitative estimate of drug-likeness (QED) is 0.654. The van der Waals surface area contributed by atoms with Crippen LogP contribution in [0, 0.1) is 0 Å². The normalized spacial score (nSPS) is 15.6. The number of nitrogens with one attached hydrogen (secondary N) is 1. The smallest absolute Gasteiger partial charge is 0.251 e. The fraction of sp³-hybridized carbons (Fsp3) is 0.250. The van der Waals surface area contributed by atoms with Crippen LogP contribution in [0.2, 0.25) is 5.02 Å². The van der Waals surface area contributed by atoms with E-state index in [1.54, 1.807) is 30.5 Å². The zero-order chi connectivity index (χ0) is 20.8. The minimum Gasteiger partial charge on any atom is -0.369 e. The van der Waals surface area contributed by atoms with Gasteiger partial charge in [-0.25, -0.2) is 0 Å². The van der Waals surface area contributed by atoms with Crippen LogP contribution in [-0.4, -0.2) is 48.5 Å². The number of hydrogen-bond donors (Lipinski definition) is 1. The molecule has 0 unspecified atom stereocenters. The Balaban J connectivity index is 1.44. The lowest BCUT2D eigenvalue weighted by Gasteiger charge is -2.40. The molecule has 0 aliphatic carbocycles. The highest BCUT2D eigenvalue weighted by Crippen LogP contribution is 2.23. The number of aromatic nitrogens is 1. The van der Waals surface area contributed by atoms with Gasteiger partial charge in [-0.05, 0) is 42.0 Å². The molecule has 1 aromatic heterocycles. The van der Waals surface area contributed by atoms with Crippen molar-refractivity contribution in [3.8, 4) is 0 Å². The molecule has 0 bridgehead atoms. The van der Waals surface area contributed by atoms with Gasteiger partial charge in [0.2, 0.25) is 0 Å². The van der Waals surface area contributed by atoms with Gasteiger partial charge in [-0.3, -0.25) is 14.7 Å². The summed E-state index contributed by atoms with van der Waals surface area (Å²) in [6.07, 6.45) is 3.66. The first-order valence-electron chi connectivity index (χ1n) is 10.2. The predicted molar refractivity (Wildman–Crippen MR) is 121 cm³/mol. The number of para-hydroxylation sites is 1. The van der Waals surface area contributed by atoms with Crippen molar-refractivity contribution >= 4 is 23.2 Å². The summed E-state index contributed by atoms with van der Waals surface area (Å²) in [6, 6.07) is 21.6. The average molecular weight is 421 g/mol. The Morgan fingerprint density at radius 1 is 1.00 bits per heavy atom. The van der Waals surface area contributed by atoms with Crippen LogP contribution in [0.3, 0.4) is 0 Å². The molecule has 154 valence electrons. The van der Waals surface area contributed by atoms with Crippen molar-refractivity contribution < 1.29 is 4.79 Å². The van der Waals surface area contributed by atoms with Gasteiger partial charge in [0.05, 0.1) is 6.04 Å². The Kier molecular flexibility index (Phi) is 6.62. The van der Waals surface area contributed by atoms with Gasteiger partial charge >= 0.3 is 0 Å². The van der Waals surface area contributed by atoms with Crippen LogP contribution in [0.25, 0.3) is 0 Å². The van der Waals surface area contributed by atoms with E-state index < -0.39 is 0 Å². The second-order valence-electron chi connectivity index (χ2n) is 7.38. The number of nitrogens with zero attached hydrogens (tertiary/aromatic N) is 3. The Morgan fingerprint density at radius 2 is 1.80 bits per heavy atom. The van der Waals surface area contributed by atoms with Crippen molar-refractivity contribution in [3.63, 3.8) is 0 Å². The molecule has 1 aliphatic rings. The molecule has 0 radical (unpaired) electrons. The molecule has 6 heteroatoms. The summed E-state index contributed by atoms with van der Waals surface area (Å²) in [5.74, 6) is -0.116. The van der Waals surface area contributed by atoms with Gasteiger partial charge in [0, 0.05) is 61.4 Å². The maximum absolute atomic E-state index is 12.6. The van der Waals surface area contributed by atoms with E-state index in [4.69, 9.17) is 11.6 Å². The van der Waals surface area contributed by atoms with Crippen LogP contribution in [0.4, 0.5) is 5.69 Å². The number of hydrogen-bond acceptors (Lipinski definition) is 4. The lowest BCUT2D eigenvalue weighted by Crippen LogP contribution is -2.50. The second-order valence-corrected chi connectivity index (χ2v) is 7.82. The summed E-state index contributed by atoms with van der Waals surface area (Å²) in [6.45, 7) is 4.25. The van der Waals surface area contributed by atoms with Crippen LogP contribution < -0.4 is 10.2 Å². The largest absolute Gasteiger partial charge is 0.369 e. The monoisotopic (exact) mass is 420 g/mol. The molecule has 1 N–H and O–H groups in total. The predicted octanol–water partition coefficient (Wildman–Crippen LogP) is 4.03. The summed E-state index contributed by atoms with van der Waals surface area (Å²) >= 11 is 6.03. The number of amides is 1. The second kappa shape index (κ2) is 9.74. The van der Waals surface area contributed by atoms with Crippen LogP contribution in [0.5, 0.6) is 0 Å². The van der Waals surface area contributed by atoms with Gasteiger partial charge in [-0.1, -0.05) is 41.9 Å². The van der Waals surface area contributed by atoms with E-state index in [0.717, 1.165) is 31.7 Å². The number of halogens is 1. The molecule has 0 saturated carbocycles. The van der Waals surface area contributed by atoms with E-state index in [-0.39, 0.29) is 11.9 Å². The van der Waals surface area contributed by atoms with Gasteiger partial charge in [0.15, 0.2) is 0 Å². The number of anilines is 1. The molecule has 30 heavy (non-hydrogen) atoms. The highest BCUT2D eigenvalue weighted by atomic mass is 35.5. The Bertz CT molecular complexity index is 959. The van der Waals surface area contributed by atoms with Crippen molar-refractivity contribution in [2.45, 2.75) is 6.04 Å². The maximum Gasteiger partial charge on any atom is 0.251 e. The summed E-state index contributed by atoms with van der Waals surface area (Å²) < 4.78 is 0. The molecular formula is C24H25ClN4O. The summed E-state index contributed by atoms with van der Waals surface area (Å²) in [5, 5.41) is 3.64. The van der Waals surface area contributed by atoms with Crippen LogP contribution >= 0.6 is 11.6 Å². The SMILES string of the molecule is O=C(NC[C@@H](c1cccnc1)N1CCN(c2ccccc2)CC1)c1cccc(Cl)c1. The van der Waals surface area contributed by atoms with Crippen LogP contribution in [0.15, 0.2) is 79.1 Å². The Hall–Kier alpha value is -2.89. The standard InChI is InChI=1S/C24H25ClN4O/c25-21-8-4-6-19(16-21)24(30)27-18-23(20-7-5-11-26-17-20)29-14-12-28(13-15-29)22-9-2-1-3-10-22/h1-11,16-17,23H,12-15,18H2,(H,27,30)/t23-/m0/s1. The topological polar surface area (TPSA) is 48.5 Å². The van der Waals surface area contributed by atoms with Crippen LogP contribution in [0.1, 0.15) is 22.0 Å². The number of rotatable bonds is 6. The highest BCUT2D eigenvalue weighted by Gasteiger charge is 2.26. The van der Waals surface area contributed by atoms with Gasteiger partial charge in [-0.2, -0.15) is 0 Å². The Labute approximate surface area is 182 Å². The van der Waals surface area contributed by atoms with E-state index in [1.165, 1.54) is 5.69 Å². The molecule has 4 rings (SSSR count). The minimum absolute atomic E-state index is 0.0692. The van der Waals surface area contributed by atoms with Gasteiger partial charge in [-0.15, -0.1) is 0 Å². The highest BCUT2D eigenvalue weighted by molar-refractivity contribution is 6.30. The van der Waals surface area contributed by atoms with Crippen molar-refractivity contribution in [3.05, 3.63) is 95.3 Å². The molecule has 5 nitrogen and oxygen atoms in total. The van der Waals surface area contributed by atoms with E-state index in [1.807, 2.05) is 18.3 Å². The van der Waals surface area contributed by atoms with Gasteiger partial charge in [0.1, 0.15) is 0 Å². The molecule has 3 aromatic rings. The molecular weight excluding hydrogens is 396 g/mol. The van der Waals surface area contributed by atoms with Gasteiger partial charge in [0.25, 0.3) is 5.91 Å². The van der Waals surface area contributed by atoms with Crippen molar-refractivity contribution in [1.29, 1.82) is 0 Å². The van der Waals surface area contributed by atoms with Crippen molar-refractivity contribution in [1.82, 2.24) is 15.2 Å². The Morgan fingerprint density at radius 3 is 2.50 bits per heavy atom. The molecule has 1 atom stereocenters. The molecule has 1 fully saturated rings. The zero-order valence-electron chi connectivity index (χ0n) is 16.7. The minimum atomic E-state index is -0.116. The molecule has 1 aliphatic heterocycles. The number of piperazine rings is 1. The van der Waals surface area contributed by atoms with Gasteiger partial charge < -0.3 is 10.2 Å². The third-order valence-corrected chi connectivity index (χ3v) is 5.72. The van der Waals surface area contributed by atoms with Crippen LogP contribution in [-0.2, 0) is 0 Å². The molecule has 2 heterocycles. The van der Waals surface area contributed by atoms with E-state index in [2.05, 4.69) is 50.4 Å². The fourth-order valence-electron chi connectivity index (χ4n) is 3.88. The third kappa shape index (κ3) is 4.99. The zero-order valence-corrected chi connectivity index (χ0v) is 17.5. The summed E-state index contributed by atoms with van der Waals surface area (Å²) in [7, 11) is 0. The first kappa shape index (κ1) is 20.4. The van der Waals surface area contributed by atoms with Crippen molar-refractivity contribution in [2.24, 2.45) is 0 Å². The number of carbonyl (C=O) groups excluding carboxylic acids is 1. The van der Waals surface area contributed by atoms with E-state index in [0.29, 0.717) is 17.1 Å². The molecule has 0 spiro atoms. The summed E-state index contributed by atoms with van der Waals surface area (Å²) in [4.78, 5) is 21.8. The van der Waals surface area contributed by atoms with E-state index in [9.17, 15) is 4.79 Å². The maximum atomic E-state index is 12.6. The number of benzene rings is 2. The first-order valence-corrected chi connectivity index (χ1v) is 10.6. The molecule has 1 saturated heterocycles. The number of carbonyl (C=O) groups is 1. The first-order chi connectivity index (χ1) is 14.7. The lowest BCUT2D eigenvalue weighted by molar-refractivity contribution is 0.0930. The molecule has 2 aromatic carbocycles. The van der Waals surface area contributed by atoms with Crippen molar-refractivity contribution in [2.75, 3.05) is 37.6 Å². The molecule has 1 amide bonds. The fourth-order valence-corrected chi connectivity index (χ4v) is 4.07. The van der Waals surface area contributed by atoms with E-state index >= 15 is 0 Å².